The summed E-state index contributed by atoms with van der Waals surface area (Å²) >= 11 is 0. The van der Waals surface area contributed by atoms with Gasteiger partial charge >= 0.3 is 0 Å². The molecule has 0 saturated carbocycles. The Kier molecular flexibility index (Phi) is 4.81. The van der Waals surface area contributed by atoms with E-state index in [1.165, 1.54) is 4.90 Å². The Hall–Kier alpha value is -2.73. The number of nitrogens with zero attached hydrogens (tertiary/aromatic N) is 3. The molecular formula is C19H21N3O3. The first-order chi connectivity index (χ1) is 12.0. The highest BCUT2D eigenvalue weighted by molar-refractivity contribution is 5.97. The van der Waals surface area contributed by atoms with Crippen LogP contribution in [0.3, 0.4) is 0 Å². The molecule has 1 aromatic heterocycles. The number of ether oxygens (including phenoxy) is 1. The fourth-order valence-electron chi connectivity index (χ4n) is 3.09. The van der Waals surface area contributed by atoms with Gasteiger partial charge in [0.25, 0.3) is 5.91 Å². The Bertz CT molecular complexity index is 778. The minimum atomic E-state index is -0.781. The van der Waals surface area contributed by atoms with E-state index in [0.29, 0.717) is 5.82 Å². The number of carbonyl (C=O) groups excluding carboxylic acids is 2. The third kappa shape index (κ3) is 3.25. The second-order valence-electron chi connectivity index (χ2n) is 6.13. The number of hydrogen-bond acceptors (Lipinski definition) is 4. The molecular weight excluding hydrogens is 318 g/mol. The monoisotopic (exact) mass is 339 g/mol. The fraction of sp³-hybridized carbons (Fsp3) is 0.316. The van der Waals surface area contributed by atoms with Gasteiger partial charge in [-0.15, -0.1) is 0 Å². The van der Waals surface area contributed by atoms with Crippen molar-refractivity contribution in [3.8, 4) is 0 Å². The van der Waals surface area contributed by atoms with Crippen molar-refractivity contribution in [1.29, 1.82) is 0 Å². The number of aryl methyl sites for hydroxylation is 1. The van der Waals surface area contributed by atoms with Crippen molar-refractivity contribution in [3.63, 3.8) is 0 Å². The van der Waals surface area contributed by atoms with Crippen molar-refractivity contribution in [3.05, 3.63) is 59.8 Å². The molecule has 130 valence electrons. The predicted octanol–water partition coefficient (Wildman–Crippen LogP) is 1.95. The van der Waals surface area contributed by atoms with Gasteiger partial charge in [0, 0.05) is 20.3 Å². The fourth-order valence-corrected chi connectivity index (χ4v) is 3.09. The Balaban J connectivity index is 1.94. The summed E-state index contributed by atoms with van der Waals surface area (Å²) in [6.07, 6.45) is 0.870. The molecule has 0 spiro atoms. The molecule has 2 amide bonds. The maximum Gasteiger partial charge on any atom is 0.259 e. The quantitative estimate of drug-likeness (QED) is 0.857. The first-order valence-corrected chi connectivity index (χ1v) is 8.12. The minimum absolute atomic E-state index is 0.106. The van der Waals surface area contributed by atoms with E-state index in [4.69, 9.17) is 4.74 Å². The van der Waals surface area contributed by atoms with Crippen molar-refractivity contribution in [2.24, 2.45) is 0 Å². The molecule has 1 aliphatic heterocycles. The molecule has 1 aromatic carbocycles. The summed E-state index contributed by atoms with van der Waals surface area (Å²) in [5, 5.41) is 0. The third-order valence-electron chi connectivity index (χ3n) is 4.50. The van der Waals surface area contributed by atoms with Crippen LogP contribution >= 0.6 is 0 Å². The molecule has 2 atom stereocenters. The van der Waals surface area contributed by atoms with Crippen molar-refractivity contribution in [2.75, 3.05) is 25.6 Å². The highest BCUT2D eigenvalue weighted by atomic mass is 16.5. The van der Waals surface area contributed by atoms with E-state index in [1.807, 2.05) is 49.4 Å². The molecule has 6 heteroatoms. The Morgan fingerprint density at radius 3 is 2.64 bits per heavy atom. The molecule has 0 aliphatic carbocycles. The number of aromatic nitrogens is 1. The largest absolute Gasteiger partial charge is 0.356 e. The van der Waals surface area contributed by atoms with Gasteiger partial charge in [-0.05, 0) is 24.1 Å². The molecule has 0 radical (unpaired) electrons. The second-order valence-corrected chi connectivity index (χ2v) is 6.13. The number of morpholine rings is 1. The molecule has 6 nitrogen and oxygen atoms in total. The van der Waals surface area contributed by atoms with Crippen LogP contribution in [0.4, 0.5) is 5.82 Å². The van der Waals surface area contributed by atoms with E-state index in [0.717, 1.165) is 11.1 Å². The highest BCUT2D eigenvalue weighted by Crippen LogP contribution is 2.31. The molecule has 0 bridgehead atoms. The predicted molar refractivity (Wildman–Crippen MR) is 94.1 cm³/mol. The molecule has 2 heterocycles. The van der Waals surface area contributed by atoms with Crippen LogP contribution in [-0.4, -0.2) is 48.5 Å². The van der Waals surface area contributed by atoms with Gasteiger partial charge in [-0.2, -0.15) is 0 Å². The van der Waals surface area contributed by atoms with Crippen molar-refractivity contribution in [1.82, 2.24) is 9.88 Å². The topological polar surface area (TPSA) is 62.7 Å². The van der Waals surface area contributed by atoms with Crippen LogP contribution in [0.2, 0.25) is 0 Å². The van der Waals surface area contributed by atoms with E-state index in [-0.39, 0.29) is 18.4 Å². The maximum atomic E-state index is 13.1. The molecule has 0 N–H and O–H groups in total. The van der Waals surface area contributed by atoms with Gasteiger partial charge in [0.05, 0.1) is 6.04 Å². The van der Waals surface area contributed by atoms with E-state index in [9.17, 15) is 9.59 Å². The van der Waals surface area contributed by atoms with Crippen LogP contribution in [0, 0.1) is 6.92 Å². The van der Waals surface area contributed by atoms with Crippen molar-refractivity contribution >= 4 is 17.6 Å². The normalized spacial score (nSPS) is 20.4. The Morgan fingerprint density at radius 2 is 1.96 bits per heavy atom. The van der Waals surface area contributed by atoms with E-state index < -0.39 is 12.1 Å². The molecule has 2 aromatic rings. The first-order valence-electron chi connectivity index (χ1n) is 8.12. The lowest BCUT2D eigenvalue weighted by atomic mass is 9.97. The first kappa shape index (κ1) is 17.1. The summed E-state index contributed by atoms with van der Waals surface area (Å²) in [6.45, 7) is 1.80. The lowest BCUT2D eigenvalue weighted by molar-refractivity contribution is -0.160. The van der Waals surface area contributed by atoms with Crippen LogP contribution in [0.25, 0.3) is 0 Å². The van der Waals surface area contributed by atoms with Gasteiger partial charge in [-0.25, -0.2) is 4.98 Å². The van der Waals surface area contributed by atoms with E-state index in [1.54, 1.807) is 25.2 Å². The average Bonchev–Trinajstić information content (AvgIpc) is 2.64. The smallest absolute Gasteiger partial charge is 0.259 e. The number of likely N-dealkylation sites (N-methyl/N-ethyl adjacent to an activating group) is 2. The van der Waals surface area contributed by atoms with E-state index in [2.05, 4.69) is 4.98 Å². The van der Waals surface area contributed by atoms with Gasteiger partial charge < -0.3 is 9.64 Å². The van der Waals surface area contributed by atoms with Crippen LogP contribution in [-0.2, 0) is 14.3 Å². The van der Waals surface area contributed by atoms with Gasteiger partial charge in [0.1, 0.15) is 12.4 Å². The molecule has 0 unspecified atom stereocenters. The lowest BCUT2D eigenvalue weighted by Crippen LogP contribution is -2.53. The number of pyridine rings is 1. The van der Waals surface area contributed by atoms with Crippen molar-refractivity contribution in [2.45, 2.75) is 19.1 Å². The summed E-state index contributed by atoms with van der Waals surface area (Å²) in [7, 11) is 3.38. The van der Waals surface area contributed by atoms with Gasteiger partial charge in [0.2, 0.25) is 5.91 Å². The average molecular weight is 339 g/mol. The summed E-state index contributed by atoms with van der Waals surface area (Å²) in [5.41, 5.74) is 1.76. The zero-order valence-corrected chi connectivity index (χ0v) is 14.5. The van der Waals surface area contributed by atoms with Crippen LogP contribution < -0.4 is 4.90 Å². The summed E-state index contributed by atoms with van der Waals surface area (Å²) in [6, 6.07) is 12.7. The maximum absolute atomic E-state index is 13.1. The number of hydrogen-bond donors (Lipinski definition) is 0. The number of anilines is 1. The van der Waals surface area contributed by atoms with Crippen molar-refractivity contribution < 1.29 is 14.3 Å². The summed E-state index contributed by atoms with van der Waals surface area (Å²) in [4.78, 5) is 32.6. The lowest BCUT2D eigenvalue weighted by Gasteiger charge is -2.39. The summed E-state index contributed by atoms with van der Waals surface area (Å²) in [5.74, 6) is 0.215. The molecule has 25 heavy (non-hydrogen) atoms. The van der Waals surface area contributed by atoms with E-state index >= 15 is 0 Å². The second kappa shape index (κ2) is 7.03. The van der Waals surface area contributed by atoms with Crippen LogP contribution in [0.15, 0.2) is 48.7 Å². The Labute approximate surface area is 147 Å². The highest BCUT2D eigenvalue weighted by Gasteiger charge is 2.41. The molecule has 1 aliphatic rings. The SMILES string of the molecule is Cc1cccnc1N(C)C(=O)[C@@H]1OCC(=O)N(C)[C@H]1c1ccccc1. The number of benzene rings is 1. The molecule has 1 fully saturated rings. The number of rotatable bonds is 3. The van der Waals surface area contributed by atoms with Gasteiger partial charge in [0.15, 0.2) is 6.10 Å². The van der Waals surface area contributed by atoms with Gasteiger partial charge in [-0.1, -0.05) is 36.4 Å². The summed E-state index contributed by atoms with van der Waals surface area (Å²) < 4.78 is 5.66. The zero-order chi connectivity index (χ0) is 18.0. The van der Waals surface area contributed by atoms with Gasteiger partial charge in [-0.3, -0.25) is 14.5 Å². The third-order valence-corrected chi connectivity index (χ3v) is 4.50. The molecule has 1 saturated heterocycles. The number of amides is 2. The standard InChI is InChI=1S/C19H21N3O3/c1-13-8-7-11-20-18(13)22(3)19(24)17-16(14-9-5-4-6-10-14)21(2)15(23)12-25-17/h4-11,16-17H,12H2,1-3H3/t16-,17+/m0/s1. The molecule has 3 rings (SSSR count). The Morgan fingerprint density at radius 1 is 1.24 bits per heavy atom. The minimum Gasteiger partial charge on any atom is -0.356 e. The number of carbonyl (C=O) groups is 2. The zero-order valence-electron chi connectivity index (χ0n) is 14.5. The van der Waals surface area contributed by atoms with Crippen LogP contribution in [0.1, 0.15) is 17.2 Å². The van der Waals surface area contributed by atoms with Crippen LogP contribution in [0.5, 0.6) is 0 Å².